The smallest absolute Gasteiger partial charge is 0.256 e. The molecule has 3 aromatic carbocycles. The molecule has 0 saturated carbocycles. The maximum atomic E-state index is 12.9. The van der Waals surface area contributed by atoms with Crippen LogP contribution in [0, 0.1) is 0 Å². The predicted octanol–water partition coefficient (Wildman–Crippen LogP) is 5.26. The maximum Gasteiger partial charge on any atom is 0.256 e. The van der Waals surface area contributed by atoms with Gasteiger partial charge < -0.3 is 5.32 Å². The van der Waals surface area contributed by atoms with E-state index in [1.165, 1.54) is 22.0 Å². The molecule has 1 N–H and O–H groups in total. The van der Waals surface area contributed by atoms with E-state index in [4.69, 9.17) is 0 Å². The van der Waals surface area contributed by atoms with Crippen molar-refractivity contribution in [1.82, 2.24) is 4.31 Å². The minimum atomic E-state index is -3.52. The van der Waals surface area contributed by atoms with Crippen LogP contribution in [0.25, 0.3) is 0 Å². The van der Waals surface area contributed by atoms with Gasteiger partial charge in [0.2, 0.25) is 10.0 Å². The molecule has 0 aliphatic rings. The largest absolute Gasteiger partial charge is 0.322 e. The maximum absolute atomic E-state index is 12.9. The Morgan fingerprint density at radius 1 is 0.871 bits per heavy atom. The van der Waals surface area contributed by atoms with Crippen molar-refractivity contribution >= 4 is 33.4 Å². The number of carbonyl (C=O) groups is 1. The summed E-state index contributed by atoms with van der Waals surface area (Å²) in [5.41, 5.74) is 2.32. The highest BCUT2D eigenvalue weighted by molar-refractivity contribution is 7.98. The van der Waals surface area contributed by atoms with Crippen LogP contribution < -0.4 is 5.32 Å². The van der Waals surface area contributed by atoms with E-state index in [-0.39, 0.29) is 10.8 Å². The van der Waals surface area contributed by atoms with Gasteiger partial charge in [-0.1, -0.05) is 56.3 Å². The Balaban J connectivity index is 1.72. The van der Waals surface area contributed by atoms with Gasteiger partial charge in [0.15, 0.2) is 0 Å². The van der Waals surface area contributed by atoms with Crippen LogP contribution in [0.2, 0.25) is 0 Å². The van der Waals surface area contributed by atoms with Crippen LogP contribution in [0.5, 0.6) is 0 Å². The zero-order chi connectivity index (χ0) is 22.3. The fourth-order valence-electron chi connectivity index (χ4n) is 3.14. The summed E-state index contributed by atoms with van der Waals surface area (Å²) in [5.74, 6) is 0.541. The Hall–Kier alpha value is -2.61. The van der Waals surface area contributed by atoms with Crippen LogP contribution in [0.4, 0.5) is 5.69 Å². The summed E-state index contributed by atoms with van der Waals surface area (Å²) in [6.07, 6.45) is 0. The van der Waals surface area contributed by atoms with Crippen molar-refractivity contribution in [2.45, 2.75) is 29.4 Å². The number of nitrogens with zero attached hydrogens (tertiary/aromatic N) is 1. The molecule has 0 unspecified atom stereocenters. The SMILES string of the molecule is CCN(CC)S(=O)(=O)c1ccc(NC(=O)c2ccccc2SCc2ccccc2)cc1. The number of sulfonamides is 1. The van der Waals surface area contributed by atoms with Crippen LogP contribution in [0.3, 0.4) is 0 Å². The Kier molecular flexibility index (Phi) is 7.90. The minimum Gasteiger partial charge on any atom is -0.322 e. The van der Waals surface area contributed by atoms with Gasteiger partial charge in [-0.2, -0.15) is 4.31 Å². The lowest BCUT2D eigenvalue weighted by molar-refractivity contribution is 0.102. The molecule has 0 aliphatic heterocycles. The van der Waals surface area contributed by atoms with Gasteiger partial charge in [0, 0.05) is 29.4 Å². The van der Waals surface area contributed by atoms with Crippen molar-refractivity contribution in [3.63, 3.8) is 0 Å². The molecule has 31 heavy (non-hydrogen) atoms. The highest BCUT2D eigenvalue weighted by Gasteiger charge is 2.21. The van der Waals surface area contributed by atoms with E-state index in [0.717, 1.165) is 10.6 Å². The molecular formula is C24H26N2O3S2. The van der Waals surface area contributed by atoms with Crippen molar-refractivity contribution in [1.29, 1.82) is 0 Å². The zero-order valence-electron chi connectivity index (χ0n) is 17.6. The number of nitrogens with one attached hydrogen (secondary N) is 1. The molecule has 3 rings (SSSR count). The monoisotopic (exact) mass is 454 g/mol. The Morgan fingerprint density at radius 3 is 2.13 bits per heavy atom. The van der Waals surface area contributed by atoms with Crippen LogP contribution in [0.1, 0.15) is 29.8 Å². The van der Waals surface area contributed by atoms with E-state index in [9.17, 15) is 13.2 Å². The summed E-state index contributed by atoms with van der Waals surface area (Å²) >= 11 is 1.61. The van der Waals surface area contributed by atoms with Gasteiger partial charge >= 0.3 is 0 Å². The first kappa shape index (κ1) is 23.1. The Bertz CT molecular complexity index is 1110. The molecule has 0 bridgehead atoms. The average Bonchev–Trinajstić information content (AvgIpc) is 2.79. The number of amides is 1. The number of carbonyl (C=O) groups excluding carboxylic acids is 1. The predicted molar refractivity (Wildman–Crippen MR) is 127 cm³/mol. The molecule has 1 amide bonds. The van der Waals surface area contributed by atoms with Gasteiger partial charge in [-0.15, -0.1) is 11.8 Å². The molecule has 0 fully saturated rings. The summed E-state index contributed by atoms with van der Waals surface area (Å²) < 4.78 is 26.6. The van der Waals surface area contributed by atoms with Gasteiger partial charge in [0.05, 0.1) is 10.5 Å². The normalized spacial score (nSPS) is 11.5. The lowest BCUT2D eigenvalue weighted by Crippen LogP contribution is -2.30. The van der Waals surface area contributed by atoms with Crippen molar-refractivity contribution in [2.24, 2.45) is 0 Å². The first-order valence-corrected chi connectivity index (χ1v) is 12.6. The number of thioether (sulfide) groups is 1. The first-order chi connectivity index (χ1) is 15.0. The van der Waals surface area contributed by atoms with Crippen LogP contribution in [-0.4, -0.2) is 31.7 Å². The standard InChI is InChI=1S/C24H26N2O3S2/c1-3-26(4-2)31(28,29)21-16-14-20(15-17-21)25-24(27)22-12-8-9-13-23(22)30-18-19-10-6-5-7-11-19/h5-17H,3-4,18H2,1-2H3,(H,25,27). The summed E-state index contributed by atoms with van der Waals surface area (Å²) in [4.78, 5) is 14.0. The van der Waals surface area contributed by atoms with Crippen LogP contribution >= 0.6 is 11.8 Å². The van der Waals surface area contributed by atoms with E-state index in [2.05, 4.69) is 17.4 Å². The molecule has 0 heterocycles. The molecule has 3 aromatic rings. The highest BCUT2D eigenvalue weighted by atomic mass is 32.2. The Labute approximate surface area is 188 Å². The summed E-state index contributed by atoms with van der Waals surface area (Å²) in [6, 6.07) is 23.9. The molecular weight excluding hydrogens is 428 g/mol. The van der Waals surface area contributed by atoms with E-state index in [1.54, 1.807) is 30.0 Å². The molecule has 0 aliphatic carbocycles. The molecule has 7 heteroatoms. The number of hydrogen-bond acceptors (Lipinski definition) is 4. The lowest BCUT2D eigenvalue weighted by Gasteiger charge is -2.18. The fourth-order valence-corrected chi connectivity index (χ4v) is 5.60. The van der Waals surface area contributed by atoms with Gasteiger partial charge in [-0.3, -0.25) is 4.79 Å². The van der Waals surface area contributed by atoms with Crippen LogP contribution in [-0.2, 0) is 15.8 Å². The molecule has 162 valence electrons. The second kappa shape index (κ2) is 10.6. The average molecular weight is 455 g/mol. The number of anilines is 1. The third-order valence-corrected chi connectivity index (χ3v) is 8.03. The van der Waals surface area contributed by atoms with E-state index >= 15 is 0 Å². The fraction of sp³-hybridized carbons (Fsp3) is 0.208. The Morgan fingerprint density at radius 2 is 1.48 bits per heavy atom. The zero-order valence-corrected chi connectivity index (χ0v) is 19.2. The number of benzene rings is 3. The highest BCUT2D eigenvalue weighted by Crippen LogP contribution is 2.27. The molecule has 0 saturated heterocycles. The van der Waals surface area contributed by atoms with Gasteiger partial charge in [0.25, 0.3) is 5.91 Å². The first-order valence-electron chi connectivity index (χ1n) is 10.1. The van der Waals surface area contributed by atoms with Crippen molar-refractivity contribution < 1.29 is 13.2 Å². The number of rotatable bonds is 9. The van der Waals surface area contributed by atoms with Crippen LogP contribution in [0.15, 0.2) is 88.7 Å². The van der Waals surface area contributed by atoms with Crippen molar-refractivity contribution in [3.8, 4) is 0 Å². The molecule has 0 aromatic heterocycles. The second-order valence-corrected chi connectivity index (χ2v) is 9.79. The number of hydrogen-bond donors (Lipinski definition) is 1. The third kappa shape index (κ3) is 5.76. The molecule has 0 atom stereocenters. The summed E-state index contributed by atoms with van der Waals surface area (Å²) in [5, 5.41) is 2.87. The molecule has 5 nitrogen and oxygen atoms in total. The van der Waals surface area contributed by atoms with Gasteiger partial charge in [-0.25, -0.2) is 8.42 Å². The quantitative estimate of drug-likeness (QED) is 0.448. The van der Waals surface area contributed by atoms with Gasteiger partial charge in [-0.05, 0) is 42.0 Å². The van der Waals surface area contributed by atoms with Gasteiger partial charge in [0.1, 0.15) is 0 Å². The lowest BCUT2D eigenvalue weighted by atomic mass is 10.2. The van der Waals surface area contributed by atoms with Crippen molar-refractivity contribution in [3.05, 3.63) is 90.0 Å². The van der Waals surface area contributed by atoms with E-state index in [0.29, 0.717) is 24.3 Å². The molecule has 0 spiro atoms. The minimum absolute atomic E-state index is 0.216. The van der Waals surface area contributed by atoms with E-state index in [1.807, 2.05) is 50.2 Å². The third-order valence-electron chi connectivity index (χ3n) is 4.82. The summed E-state index contributed by atoms with van der Waals surface area (Å²) in [7, 11) is -3.52. The second-order valence-electron chi connectivity index (χ2n) is 6.84. The summed E-state index contributed by atoms with van der Waals surface area (Å²) in [6.45, 7) is 4.44. The topological polar surface area (TPSA) is 66.5 Å². The van der Waals surface area contributed by atoms with Crippen molar-refractivity contribution in [2.75, 3.05) is 18.4 Å². The molecule has 0 radical (unpaired) electrons. The van der Waals surface area contributed by atoms with E-state index < -0.39 is 10.0 Å².